The van der Waals surface area contributed by atoms with E-state index in [1.807, 2.05) is 18.3 Å². The van der Waals surface area contributed by atoms with Crippen molar-refractivity contribution < 1.29 is 4.74 Å². The minimum absolute atomic E-state index is 0.394. The van der Waals surface area contributed by atoms with E-state index in [1.54, 1.807) is 7.11 Å². The maximum atomic E-state index is 5.34. The molecule has 0 saturated carbocycles. The highest BCUT2D eigenvalue weighted by Crippen LogP contribution is 2.26. The molecule has 1 aliphatic heterocycles. The van der Waals surface area contributed by atoms with Crippen molar-refractivity contribution in [2.45, 2.75) is 13.0 Å². The molecule has 0 amide bonds. The van der Waals surface area contributed by atoms with Gasteiger partial charge in [0.05, 0.1) is 7.11 Å². The molecule has 1 atom stereocenters. The molecule has 1 saturated heterocycles. The summed E-state index contributed by atoms with van der Waals surface area (Å²) in [6.07, 6.45) is 1.86. The second-order valence-corrected chi connectivity index (χ2v) is 6.73. The third-order valence-electron chi connectivity index (χ3n) is 4.47. The zero-order chi connectivity index (χ0) is 16.2. The molecule has 2 heterocycles. The van der Waals surface area contributed by atoms with Gasteiger partial charge in [0.1, 0.15) is 11.6 Å². The molecule has 0 spiro atoms. The summed E-state index contributed by atoms with van der Waals surface area (Å²) in [6.45, 7) is 6.35. The Morgan fingerprint density at radius 1 is 1.13 bits per heavy atom. The topological polar surface area (TPSA) is 28.6 Å². The van der Waals surface area contributed by atoms with Gasteiger partial charge in [-0.3, -0.25) is 4.90 Å². The summed E-state index contributed by atoms with van der Waals surface area (Å²) in [7, 11) is 1.72. The van der Waals surface area contributed by atoms with E-state index < -0.39 is 0 Å². The minimum atomic E-state index is 0.394. The van der Waals surface area contributed by atoms with E-state index in [0.29, 0.717) is 6.04 Å². The maximum absolute atomic E-state index is 5.34. The zero-order valence-corrected chi connectivity index (χ0v) is 15.2. The molecule has 1 aromatic heterocycles. The van der Waals surface area contributed by atoms with Gasteiger partial charge in [-0.25, -0.2) is 4.98 Å². The van der Waals surface area contributed by atoms with Crippen molar-refractivity contribution >= 4 is 21.7 Å². The van der Waals surface area contributed by atoms with Gasteiger partial charge in [0.2, 0.25) is 0 Å². The van der Waals surface area contributed by atoms with Gasteiger partial charge in [-0.05, 0) is 52.7 Å². The first-order chi connectivity index (χ1) is 11.2. The summed E-state index contributed by atoms with van der Waals surface area (Å²) < 4.78 is 6.36. The van der Waals surface area contributed by atoms with Crippen LogP contribution in [0.25, 0.3) is 0 Å². The second-order valence-electron chi connectivity index (χ2n) is 5.81. The quantitative estimate of drug-likeness (QED) is 0.813. The third kappa shape index (κ3) is 3.85. The molecular formula is C18H22BrN3O. The van der Waals surface area contributed by atoms with Crippen LogP contribution in [0.5, 0.6) is 5.75 Å². The molecule has 2 aromatic rings. The summed E-state index contributed by atoms with van der Waals surface area (Å²) in [4.78, 5) is 9.36. The van der Waals surface area contributed by atoms with Crippen LogP contribution in [-0.4, -0.2) is 43.2 Å². The smallest absolute Gasteiger partial charge is 0.128 e. The third-order valence-corrected chi connectivity index (χ3v) is 4.94. The second kappa shape index (κ2) is 7.32. The lowest BCUT2D eigenvalue weighted by atomic mass is 10.1. The molecule has 1 unspecified atom stereocenters. The molecule has 3 rings (SSSR count). The molecule has 1 aliphatic rings. The zero-order valence-electron chi connectivity index (χ0n) is 13.6. The summed E-state index contributed by atoms with van der Waals surface area (Å²) in [5, 5.41) is 0. The number of halogens is 1. The Kier molecular flexibility index (Phi) is 5.18. The van der Waals surface area contributed by atoms with Crippen molar-refractivity contribution in [3.63, 3.8) is 0 Å². The average molecular weight is 376 g/mol. The molecule has 0 bridgehead atoms. The fourth-order valence-corrected chi connectivity index (χ4v) is 3.24. The Labute approximate surface area is 146 Å². The van der Waals surface area contributed by atoms with Crippen molar-refractivity contribution in [1.82, 2.24) is 9.88 Å². The number of methoxy groups -OCH3 is 1. The molecule has 0 radical (unpaired) electrons. The van der Waals surface area contributed by atoms with Crippen molar-refractivity contribution in [2.24, 2.45) is 0 Å². The first-order valence-corrected chi connectivity index (χ1v) is 8.71. The number of aromatic nitrogens is 1. The molecule has 0 aliphatic carbocycles. The lowest BCUT2D eigenvalue weighted by Gasteiger charge is -2.38. The number of ether oxygens (including phenoxy) is 1. The lowest BCUT2D eigenvalue weighted by Crippen LogP contribution is -2.47. The maximum Gasteiger partial charge on any atom is 0.128 e. The Hall–Kier alpha value is -1.59. The highest BCUT2D eigenvalue weighted by molar-refractivity contribution is 9.10. The van der Waals surface area contributed by atoms with Crippen molar-refractivity contribution in [3.8, 4) is 5.75 Å². The summed E-state index contributed by atoms with van der Waals surface area (Å²) >= 11 is 3.44. The largest absolute Gasteiger partial charge is 0.497 e. The van der Waals surface area contributed by atoms with E-state index in [2.05, 4.69) is 61.9 Å². The first-order valence-electron chi connectivity index (χ1n) is 7.92. The number of hydrogen-bond donors (Lipinski definition) is 0. The Morgan fingerprint density at radius 2 is 1.91 bits per heavy atom. The molecule has 1 aromatic carbocycles. The molecule has 5 heteroatoms. The highest BCUT2D eigenvalue weighted by atomic mass is 79.9. The van der Waals surface area contributed by atoms with Gasteiger partial charge < -0.3 is 9.64 Å². The standard InChI is InChI=1S/C18H22BrN3O/c1-14(15-4-3-5-17(12-15)23-2)21-8-10-22(11-9-21)18-7-6-16(19)13-20-18/h3-7,12-14H,8-11H2,1-2H3. The van der Waals surface area contributed by atoms with E-state index in [0.717, 1.165) is 42.2 Å². The van der Waals surface area contributed by atoms with E-state index in [-0.39, 0.29) is 0 Å². The monoisotopic (exact) mass is 375 g/mol. The number of benzene rings is 1. The number of pyridine rings is 1. The van der Waals surface area contributed by atoms with Crippen LogP contribution < -0.4 is 9.64 Å². The minimum Gasteiger partial charge on any atom is -0.497 e. The summed E-state index contributed by atoms with van der Waals surface area (Å²) in [5.41, 5.74) is 1.31. The van der Waals surface area contributed by atoms with Crippen LogP contribution in [0.4, 0.5) is 5.82 Å². The molecule has 1 fully saturated rings. The van der Waals surface area contributed by atoms with E-state index in [9.17, 15) is 0 Å². The fraction of sp³-hybridized carbons (Fsp3) is 0.389. The van der Waals surface area contributed by atoms with Gasteiger partial charge in [0.25, 0.3) is 0 Å². The Bertz CT molecular complexity index is 639. The number of hydrogen-bond acceptors (Lipinski definition) is 4. The number of rotatable bonds is 4. The summed E-state index contributed by atoms with van der Waals surface area (Å²) in [5.74, 6) is 1.98. The predicted octanol–water partition coefficient (Wildman–Crippen LogP) is 3.74. The Balaban J connectivity index is 1.62. The van der Waals surface area contributed by atoms with Gasteiger partial charge in [-0.2, -0.15) is 0 Å². The van der Waals surface area contributed by atoms with Gasteiger partial charge >= 0.3 is 0 Å². The number of piperazine rings is 1. The normalized spacial score (nSPS) is 17.1. The van der Waals surface area contributed by atoms with Gasteiger partial charge in [0, 0.05) is 42.9 Å². The van der Waals surface area contributed by atoms with Crippen LogP contribution in [0.3, 0.4) is 0 Å². The van der Waals surface area contributed by atoms with E-state index in [1.165, 1.54) is 5.56 Å². The van der Waals surface area contributed by atoms with Gasteiger partial charge in [-0.15, -0.1) is 0 Å². The molecule has 0 N–H and O–H groups in total. The summed E-state index contributed by atoms with van der Waals surface area (Å²) in [6, 6.07) is 12.9. The average Bonchev–Trinajstić information content (AvgIpc) is 2.62. The lowest BCUT2D eigenvalue weighted by molar-refractivity contribution is 0.198. The fourth-order valence-electron chi connectivity index (χ4n) is 3.01. The van der Waals surface area contributed by atoms with Crippen molar-refractivity contribution in [2.75, 3.05) is 38.2 Å². The van der Waals surface area contributed by atoms with Crippen LogP contribution in [0.1, 0.15) is 18.5 Å². The highest BCUT2D eigenvalue weighted by Gasteiger charge is 2.22. The Morgan fingerprint density at radius 3 is 2.57 bits per heavy atom. The first kappa shape index (κ1) is 16.3. The van der Waals surface area contributed by atoms with Gasteiger partial charge in [-0.1, -0.05) is 12.1 Å². The van der Waals surface area contributed by atoms with Crippen LogP contribution in [-0.2, 0) is 0 Å². The molecule has 122 valence electrons. The molecule has 4 nitrogen and oxygen atoms in total. The van der Waals surface area contributed by atoms with Gasteiger partial charge in [0.15, 0.2) is 0 Å². The van der Waals surface area contributed by atoms with Crippen molar-refractivity contribution in [3.05, 3.63) is 52.6 Å². The SMILES string of the molecule is COc1cccc(C(C)N2CCN(c3ccc(Br)cn3)CC2)c1. The van der Waals surface area contributed by atoms with Crippen LogP contribution >= 0.6 is 15.9 Å². The van der Waals surface area contributed by atoms with Crippen LogP contribution in [0.15, 0.2) is 47.1 Å². The predicted molar refractivity (Wildman–Crippen MR) is 97.1 cm³/mol. The molecular weight excluding hydrogens is 354 g/mol. The van der Waals surface area contributed by atoms with Crippen LogP contribution in [0, 0.1) is 0 Å². The van der Waals surface area contributed by atoms with Crippen LogP contribution in [0.2, 0.25) is 0 Å². The van der Waals surface area contributed by atoms with E-state index in [4.69, 9.17) is 4.74 Å². The van der Waals surface area contributed by atoms with Crippen molar-refractivity contribution in [1.29, 1.82) is 0 Å². The van der Waals surface area contributed by atoms with E-state index >= 15 is 0 Å². The number of nitrogens with zero attached hydrogens (tertiary/aromatic N) is 3. The number of anilines is 1. The molecule has 23 heavy (non-hydrogen) atoms.